The summed E-state index contributed by atoms with van der Waals surface area (Å²) in [7, 11) is 1.27. The highest BCUT2D eigenvalue weighted by molar-refractivity contribution is 8.01. The number of thiophene rings is 1. The van der Waals surface area contributed by atoms with Gasteiger partial charge in [0.25, 0.3) is 0 Å². The van der Waals surface area contributed by atoms with E-state index >= 15 is 0 Å². The summed E-state index contributed by atoms with van der Waals surface area (Å²) in [6.07, 6.45) is 0. The smallest absolute Gasteiger partial charge is 0.338 e. The average Bonchev–Trinajstić information content (AvgIpc) is 2.66. The van der Waals surface area contributed by atoms with Gasteiger partial charge in [0.2, 0.25) is 0 Å². The van der Waals surface area contributed by atoms with Gasteiger partial charge in [0.1, 0.15) is 0 Å². The summed E-state index contributed by atoms with van der Waals surface area (Å²) in [5.74, 6) is -0.290. The van der Waals surface area contributed by atoms with Crippen molar-refractivity contribution in [2.24, 2.45) is 0 Å². The summed E-state index contributed by atoms with van der Waals surface area (Å²) in [5, 5.41) is 11.6. The molecular weight excluding hydrogens is 220 g/mol. The van der Waals surface area contributed by atoms with Crippen molar-refractivity contribution in [2.45, 2.75) is 16.7 Å². The lowest BCUT2D eigenvalue weighted by Gasteiger charge is -2.18. The van der Waals surface area contributed by atoms with E-state index in [1.165, 1.54) is 25.8 Å². The van der Waals surface area contributed by atoms with Crippen molar-refractivity contribution in [1.29, 1.82) is 0 Å². The third kappa shape index (κ3) is 3.01. The Kier molecular flexibility index (Phi) is 3.97. The number of thioether (sulfide) groups is 1. The third-order valence-electron chi connectivity index (χ3n) is 1.62. The minimum absolute atomic E-state index is 0.306. The van der Waals surface area contributed by atoms with Gasteiger partial charge in [0, 0.05) is 5.75 Å². The Labute approximate surface area is 91.1 Å². The van der Waals surface area contributed by atoms with Gasteiger partial charge in [0.15, 0.2) is 5.60 Å². The van der Waals surface area contributed by atoms with Crippen LogP contribution in [0.25, 0.3) is 0 Å². The van der Waals surface area contributed by atoms with Crippen LogP contribution in [0, 0.1) is 0 Å². The number of esters is 1. The van der Waals surface area contributed by atoms with Gasteiger partial charge in [-0.25, -0.2) is 4.79 Å². The van der Waals surface area contributed by atoms with E-state index in [1.807, 2.05) is 17.5 Å². The molecule has 0 aliphatic heterocycles. The Morgan fingerprint density at radius 2 is 2.50 bits per heavy atom. The summed E-state index contributed by atoms with van der Waals surface area (Å²) < 4.78 is 5.56. The first-order chi connectivity index (χ1) is 6.56. The first kappa shape index (κ1) is 11.6. The topological polar surface area (TPSA) is 46.5 Å². The van der Waals surface area contributed by atoms with E-state index in [2.05, 4.69) is 4.74 Å². The Bertz CT molecular complexity index is 293. The number of rotatable bonds is 4. The molecule has 0 aliphatic rings. The molecule has 78 valence electrons. The Balaban J connectivity index is 2.48. The predicted octanol–water partition coefficient (Wildman–Crippen LogP) is 1.76. The second-order valence-electron chi connectivity index (χ2n) is 2.99. The predicted molar refractivity (Wildman–Crippen MR) is 57.7 cm³/mol. The number of hydrogen-bond donors (Lipinski definition) is 1. The fourth-order valence-electron chi connectivity index (χ4n) is 0.836. The molecule has 1 N–H and O–H groups in total. The van der Waals surface area contributed by atoms with E-state index in [0.29, 0.717) is 5.75 Å². The van der Waals surface area contributed by atoms with E-state index in [4.69, 9.17) is 0 Å². The largest absolute Gasteiger partial charge is 0.467 e. The summed E-state index contributed by atoms with van der Waals surface area (Å²) in [6.45, 7) is 1.46. The number of aliphatic hydroxyl groups is 1. The molecule has 5 heteroatoms. The molecule has 0 amide bonds. The SMILES string of the molecule is COC(=O)C(C)(O)CSc1cccs1. The maximum absolute atomic E-state index is 11.1. The van der Waals surface area contributed by atoms with Crippen molar-refractivity contribution < 1.29 is 14.6 Å². The van der Waals surface area contributed by atoms with E-state index in [0.717, 1.165) is 4.21 Å². The van der Waals surface area contributed by atoms with Crippen LogP contribution in [0.5, 0.6) is 0 Å². The maximum atomic E-state index is 11.1. The third-order valence-corrected chi connectivity index (χ3v) is 4.05. The van der Waals surface area contributed by atoms with Gasteiger partial charge in [-0.1, -0.05) is 6.07 Å². The van der Waals surface area contributed by atoms with Crippen molar-refractivity contribution in [3.8, 4) is 0 Å². The normalized spacial score (nSPS) is 14.8. The quantitative estimate of drug-likeness (QED) is 0.635. The minimum Gasteiger partial charge on any atom is -0.467 e. The molecule has 3 nitrogen and oxygen atoms in total. The standard InChI is InChI=1S/C9H12O3S2/c1-9(11,8(10)12-2)6-14-7-4-3-5-13-7/h3-5,11H,6H2,1-2H3. The maximum Gasteiger partial charge on any atom is 0.338 e. The Hall–Kier alpha value is -0.520. The van der Waals surface area contributed by atoms with Crippen molar-refractivity contribution in [3.05, 3.63) is 17.5 Å². The number of carbonyl (C=O) groups excluding carboxylic acids is 1. The lowest BCUT2D eigenvalue weighted by atomic mass is 10.1. The molecule has 0 radical (unpaired) electrons. The van der Waals surface area contributed by atoms with Crippen LogP contribution in [-0.2, 0) is 9.53 Å². The van der Waals surface area contributed by atoms with Crippen molar-refractivity contribution in [3.63, 3.8) is 0 Å². The van der Waals surface area contributed by atoms with Gasteiger partial charge in [-0.3, -0.25) is 0 Å². The molecular formula is C9H12O3S2. The van der Waals surface area contributed by atoms with Crippen LogP contribution in [0.3, 0.4) is 0 Å². The lowest BCUT2D eigenvalue weighted by Crippen LogP contribution is -2.38. The second kappa shape index (κ2) is 4.82. The molecule has 0 spiro atoms. The fraction of sp³-hybridized carbons (Fsp3) is 0.444. The fourth-order valence-corrected chi connectivity index (χ4v) is 2.62. The van der Waals surface area contributed by atoms with Gasteiger partial charge < -0.3 is 9.84 Å². The van der Waals surface area contributed by atoms with E-state index < -0.39 is 11.6 Å². The van der Waals surface area contributed by atoms with Gasteiger partial charge >= 0.3 is 5.97 Å². The van der Waals surface area contributed by atoms with Gasteiger partial charge in [-0.05, 0) is 18.4 Å². The van der Waals surface area contributed by atoms with Gasteiger partial charge in [-0.2, -0.15) is 0 Å². The molecule has 1 atom stereocenters. The molecule has 0 aromatic carbocycles. The van der Waals surface area contributed by atoms with Gasteiger partial charge in [0.05, 0.1) is 11.3 Å². The van der Waals surface area contributed by atoms with Crippen molar-refractivity contribution in [1.82, 2.24) is 0 Å². The number of methoxy groups -OCH3 is 1. The molecule has 1 aromatic heterocycles. The van der Waals surface area contributed by atoms with Gasteiger partial charge in [-0.15, -0.1) is 23.1 Å². The summed E-state index contributed by atoms with van der Waals surface area (Å²) >= 11 is 3.03. The van der Waals surface area contributed by atoms with Crippen molar-refractivity contribution >= 4 is 29.1 Å². The molecule has 1 unspecified atom stereocenters. The minimum atomic E-state index is -1.41. The molecule has 0 saturated carbocycles. The zero-order valence-corrected chi connectivity index (χ0v) is 9.65. The number of ether oxygens (including phenoxy) is 1. The van der Waals surface area contributed by atoms with Crippen LogP contribution in [0.2, 0.25) is 0 Å². The highest BCUT2D eigenvalue weighted by atomic mass is 32.2. The highest BCUT2D eigenvalue weighted by Crippen LogP contribution is 2.27. The van der Waals surface area contributed by atoms with E-state index in [9.17, 15) is 9.90 Å². The van der Waals surface area contributed by atoms with Crippen LogP contribution in [0.1, 0.15) is 6.92 Å². The molecule has 14 heavy (non-hydrogen) atoms. The monoisotopic (exact) mass is 232 g/mol. The van der Waals surface area contributed by atoms with Crippen LogP contribution in [0.15, 0.2) is 21.7 Å². The molecule has 1 rings (SSSR count). The Morgan fingerprint density at radius 3 is 3.00 bits per heavy atom. The molecule has 1 aromatic rings. The summed E-state index contributed by atoms with van der Waals surface area (Å²) in [6, 6.07) is 3.88. The molecule has 0 saturated heterocycles. The molecule has 1 heterocycles. The Morgan fingerprint density at radius 1 is 1.79 bits per heavy atom. The number of carbonyl (C=O) groups is 1. The zero-order valence-electron chi connectivity index (χ0n) is 8.02. The zero-order chi connectivity index (χ0) is 10.6. The van der Waals surface area contributed by atoms with Crippen LogP contribution >= 0.6 is 23.1 Å². The van der Waals surface area contributed by atoms with Crippen LogP contribution < -0.4 is 0 Å². The summed E-state index contributed by atoms with van der Waals surface area (Å²) in [4.78, 5) is 11.1. The van der Waals surface area contributed by atoms with Crippen LogP contribution in [0.4, 0.5) is 0 Å². The second-order valence-corrected chi connectivity index (χ2v) is 5.21. The first-order valence-corrected chi connectivity index (χ1v) is 5.90. The molecule has 0 aliphatic carbocycles. The van der Waals surface area contributed by atoms with Crippen molar-refractivity contribution in [2.75, 3.05) is 12.9 Å². The molecule has 0 bridgehead atoms. The molecule has 0 fully saturated rings. The first-order valence-electron chi connectivity index (χ1n) is 4.03. The van der Waals surface area contributed by atoms with Crippen LogP contribution in [-0.4, -0.2) is 29.5 Å². The average molecular weight is 232 g/mol. The van der Waals surface area contributed by atoms with E-state index in [1.54, 1.807) is 11.3 Å². The van der Waals surface area contributed by atoms with E-state index in [-0.39, 0.29) is 0 Å². The number of hydrogen-bond acceptors (Lipinski definition) is 5. The summed E-state index contributed by atoms with van der Waals surface area (Å²) in [5.41, 5.74) is -1.41. The lowest BCUT2D eigenvalue weighted by molar-refractivity contribution is -0.158. The highest BCUT2D eigenvalue weighted by Gasteiger charge is 2.31.